The van der Waals surface area contributed by atoms with E-state index in [1.807, 2.05) is 13.0 Å². The Bertz CT molecular complexity index is 1300. The van der Waals surface area contributed by atoms with Gasteiger partial charge in [0.25, 0.3) is 11.8 Å². The number of nitrogens with zero attached hydrogens (tertiary/aromatic N) is 1. The van der Waals surface area contributed by atoms with Gasteiger partial charge in [-0.1, -0.05) is 49.4 Å². The van der Waals surface area contributed by atoms with Crippen LogP contribution in [0.1, 0.15) is 56.4 Å². The zero-order valence-corrected chi connectivity index (χ0v) is 20.3. The quantitative estimate of drug-likeness (QED) is 0.257. The summed E-state index contributed by atoms with van der Waals surface area (Å²) < 4.78 is 5.32. The van der Waals surface area contributed by atoms with Crippen LogP contribution in [-0.4, -0.2) is 47.0 Å². The lowest BCUT2D eigenvalue weighted by atomic mass is 10.0. The van der Waals surface area contributed by atoms with Crippen molar-refractivity contribution in [3.8, 4) is 0 Å². The van der Waals surface area contributed by atoms with Gasteiger partial charge in [-0.15, -0.1) is 0 Å². The molecule has 3 aromatic rings. The molecule has 0 aliphatic carbocycles. The summed E-state index contributed by atoms with van der Waals surface area (Å²) in [7, 11) is 0. The lowest BCUT2D eigenvalue weighted by Crippen LogP contribution is -2.47. The maximum atomic E-state index is 13.2. The van der Waals surface area contributed by atoms with E-state index in [0.29, 0.717) is 17.7 Å². The average Bonchev–Trinajstić information content (AvgIpc) is 3.16. The summed E-state index contributed by atoms with van der Waals surface area (Å²) in [5.41, 5.74) is 2.02. The molecule has 0 radical (unpaired) electrons. The monoisotopic (exact) mass is 498 g/mol. The molecule has 0 fully saturated rings. The van der Waals surface area contributed by atoms with Crippen LogP contribution in [0.15, 0.2) is 78.9 Å². The summed E-state index contributed by atoms with van der Waals surface area (Å²) in [5.74, 6) is -2.58. The number of amides is 3. The number of hydrogen-bond donors (Lipinski definition) is 1. The number of ether oxygens (including phenoxy) is 1. The third kappa shape index (κ3) is 5.81. The van der Waals surface area contributed by atoms with Gasteiger partial charge in [0.05, 0.1) is 11.1 Å². The third-order valence-electron chi connectivity index (χ3n) is 5.99. The average molecular weight is 499 g/mol. The van der Waals surface area contributed by atoms with Gasteiger partial charge >= 0.3 is 5.97 Å². The molecule has 0 saturated carbocycles. The number of nitrogens with one attached hydrogen (secondary N) is 1. The normalized spacial score (nSPS) is 13.2. The number of esters is 1. The number of carbonyl (C=O) groups is 5. The van der Waals surface area contributed by atoms with E-state index >= 15 is 0 Å². The highest BCUT2D eigenvalue weighted by molar-refractivity contribution is 6.22. The van der Waals surface area contributed by atoms with Gasteiger partial charge < -0.3 is 10.1 Å². The van der Waals surface area contributed by atoms with Crippen molar-refractivity contribution in [3.05, 3.63) is 101 Å². The van der Waals surface area contributed by atoms with Crippen molar-refractivity contribution in [3.63, 3.8) is 0 Å². The molecule has 188 valence electrons. The Balaban J connectivity index is 1.47. The fourth-order valence-corrected chi connectivity index (χ4v) is 4.11. The molecular weight excluding hydrogens is 472 g/mol. The van der Waals surface area contributed by atoms with Crippen LogP contribution < -0.4 is 5.32 Å². The first-order valence-electron chi connectivity index (χ1n) is 12.0. The molecule has 0 aromatic heterocycles. The van der Waals surface area contributed by atoms with Gasteiger partial charge in [-0.25, -0.2) is 4.79 Å². The van der Waals surface area contributed by atoms with Crippen LogP contribution in [0, 0.1) is 0 Å². The lowest BCUT2D eigenvalue weighted by molar-refractivity contribution is -0.147. The lowest BCUT2D eigenvalue weighted by Gasteiger charge is -2.24. The van der Waals surface area contributed by atoms with Crippen LogP contribution in [-0.2, 0) is 20.7 Å². The van der Waals surface area contributed by atoms with Crippen molar-refractivity contribution < 1.29 is 28.7 Å². The van der Waals surface area contributed by atoms with Gasteiger partial charge in [-0.3, -0.25) is 24.1 Å². The van der Waals surface area contributed by atoms with Gasteiger partial charge in [-0.2, -0.15) is 0 Å². The molecule has 1 aliphatic heterocycles. The van der Waals surface area contributed by atoms with E-state index in [2.05, 4.69) is 5.32 Å². The van der Waals surface area contributed by atoms with Gasteiger partial charge in [0.1, 0.15) is 6.04 Å². The Kier molecular flexibility index (Phi) is 7.88. The number of imide groups is 1. The highest BCUT2D eigenvalue weighted by Gasteiger charge is 2.43. The Morgan fingerprint density at radius 1 is 0.838 bits per heavy atom. The van der Waals surface area contributed by atoms with E-state index < -0.39 is 36.2 Å². The van der Waals surface area contributed by atoms with Crippen LogP contribution in [0.25, 0.3) is 0 Å². The predicted octanol–water partition coefficient (Wildman–Crippen LogP) is 4.06. The highest BCUT2D eigenvalue weighted by Crippen LogP contribution is 2.26. The van der Waals surface area contributed by atoms with Crippen LogP contribution >= 0.6 is 0 Å². The number of ketones is 1. The largest absolute Gasteiger partial charge is 0.456 e. The van der Waals surface area contributed by atoms with Gasteiger partial charge in [-0.05, 0) is 48.4 Å². The second-order valence-electron chi connectivity index (χ2n) is 8.64. The fourth-order valence-electron chi connectivity index (χ4n) is 4.11. The molecule has 8 nitrogen and oxygen atoms in total. The van der Waals surface area contributed by atoms with Crippen LogP contribution in [0.3, 0.4) is 0 Å². The van der Waals surface area contributed by atoms with Crippen molar-refractivity contribution >= 4 is 35.2 Å². The topological polar surface area (TPSA) is 110 Å². The van der Waals surface area contributed by atoms with Gasteiger partial charge in [0.2, 0.25) is 5.91 Å². The van der Waals surface area contributed by atoms with Crippen molar-refractivity contribution in [2.45, 2.75) is 32.2 Å². The van der Waals surface area contributed by atoms with E-state index in [-0.39, 0.29) is 23.5 Å². The number of Topliss-reactive ketones (excluding diaryl/α,β-unsaturated/α-hetero) is 1. The zero-order valence-electron chi connectivity index (χ0n) is 20.3. The second kappa shape index (κ2) is 11.4. The molecule has 1 N–H and O–H groups in total. The van der Waals surface area contributed by atoms with Gasteiger partial charge in [0.15, 0.2) is 12.4 Å². The van der Waals surface area contributed by atoms with Crippen molar-refractivity contribution in [1.82, 2.24) is 4.90 Å². The zero-order chi connectivity index (χ0) is 26.4. The SMILES string of the molecule is CCCC(=O)Nc1ccc(C(=O)COC(=O)[C@H](Cc2ccccc2)N2C(=O)c3ccccc3C2=O)cc1. The first-order valence-corrected chi connectivity index (χ1v) is 12.0. The number of benzene rings is 3. The van der Waals surface area contributed by atoms with Crippen molar-refractivity contribution in [2.75, 3.05) is 11.9 Å². The summed E-state index contributed by atoms with van der Waals surface area (Å²) in [6.45, 7) is 1.34. The number of fused-ring (bicyclic) bond motifs is 1. The van der Waals surface area contributed by atoms with Crippen LogP contribution in [0.2, 0.25) is 0 Å². The first kappa shape index (κ1) is 25.5. The molecule has 4 rings (SSSR count). The third-order valence-corrected chi connectivity index (χ3v) is 5.99. The summed E-state index contributed by atoms with van der Waals surface area (Å²) in [5, 5.41) is 2.74. The summed E-state index contributed by atoms with van der Waals surface area (Å²) in [4.78, 5) is 64.6. The minimum atomic E-state index is -1.24. The smallest absolute Gasteiger partial charge is 0.330 e. The number of carbonyl (C=O) groups excluding carboxylic acids is 5. The molecule has 0 bridgehead atoms. The molecule has 0 spiro atoms. The Labute approximate surface area is 214 Å². The van der Waals surface area contributed by atoms with E-state index in [0.717, 1.165) is 16.9 Å². The van der Waals surface area contributed by atoms with Crippen LogP contribution in [0.5, 0.6) is 0 Å². The minimum absolute atomic E-state index is 0.0471. The van der Waals surface area contributed by atoms with E-state index in [9.17, 15) is 24.0 Å². The number of rotatable bonds is 10. The highest BCUT2D eigenvalue weighted by atomic mass is 16.5. The van der Waals surface area contributed by atoms with Crippen molar-refractivity contribution in [1.29, 1.82) is 0 Å². The summed E-state index contributed by atoms with van der Waals surface area (Å²) >= 11 is 0. The minimum Gasteiger partial charge on any atom is -0.456 e. The molecule has 3 aromatic carbocycles. The Morgan fingerprint density at radius 2 is 1.43 bits per heavy atom. The number of hydrogen-bond acceptors (Lipinski definition) is 6. The molecule has 1 aliphatic rings. The Morgan fingerprint density at radius 3 is 2.03 bits per heavy atom. The Hall–Kier alpha value is -4.59. The van der Waals surface area contributed by atoms with E-state index in [1.54, 1.807) is 60.7 Å². The summed E-state index contributed by atoms with van der Waals surface area (Å²) in [6, 6.07) is 20.4. The molecule has 3 amide bonds. The first-order chi connectivity index (χ1) is 17.9. The number of anilines is 1. The molecule has 37 heavy (non-hydrogen) atoms. The molecule has 1 atom stereocenters. The molecule has 0 saturated heterocycles. The molecular formula is C29H26N2O6. The molecule has 8 heteroatoms. The fraction of sp³-hybridized carbons (Fsp3) is 0.207. The maximum Gasteiger partial charge on any atom is 0.330 e. The van der Waals surface area contributed by atoms with Crippen molar-refractivity contribution in [2.24, 2.45) is 0 Å². The van der Waals surface area contributed by atoms with E-state index in [4.69, 9.17) is 4.74 Å². The summed E-state index contributed by atoms with van der Waals surface area (Å²) in [6.07, 6.45) is 1.17. The maximum absolute atomic E-state index is 13.2. The molecule has 1 heterocycles. The predicted molar refractivity (Wildman–Crippen MR) is 136 cm³/mol. The van der Waals surface area contributed by atoms with Crippen LogP contribution in [0.4, 0.5) is 5.69 Å². The van der Waals surface area contributed by atoms with Gasteiger partial charge in [0, 0.05) is 24.1 Å². The standard InChI is InChI=1S/C29H26N2O6/c1-2-8-26(33)30-21-15-13-20(14-16-21)25(32)18-37-29(36)24(17-19-9-4-3-5-10-19)31-27(34)22-11-6-7-12-23(22)28(31)35/h3-7,9-16,24H,2,8,17-18H2,1H3,(H,30,33)/t24-/m0/s1. The van der Waals surface area contributed by atoms with E-state index in [1.165, 1.54) is 12.1 Å². The molecule has 0 unspecified atom stereocenters. The second-order valence-corrected chi connectivity index (χ2v) is 8.64.